The fourth-order valence-corrected chi connectivity index (χ4v) is 2.55. The van der Waals surface area contributed by atoms with Crippen molar-refractivity contribution in [3.8, 4) is 17.6 Å². The number of carbonyl (C=O) groups is 1. The quantitative estimate of drug-likeness (QED) is 0.495. The lowest BCUT2D eigenvalue weighted by Gasteiger charge is -2.18. The Labute approximate surface area is 158 Å². The molecule has 0 radical (unpaired) electrons. The van der Waals surface area contributed by atoms with Gasteiger partial charge in [0.15, 0.2) is 13.6 Å². The van der Waals surface area contributed by atoms with E-state index in [9.17, 15) is 4.79 Å². The van der Waals surface area contributed by atoms with Gasteiger partial charge in [0, 0.05) is 20.3 Å². The van der Waals surface area contributed by atoms with Crippen molar-refractivity contribution in [2.75, 3.05) is 34.9 Å². The lowest BCUT2D eigenvalue weighted by atomic mass is 9.90. The number of rotatable bonds is 9. The number of benzene rings is 2. The zero-order valence-corrected chi connectivity index (χ0v) is 15.4. The monoisotopic (exact) mass is 371 g/mol. The molecule has 7 nitrogen and oxygen atoms in total. The third-order valence-electron chi connectivity index (χ3n) is 3.71. The Morgan fingerprint density at radius 3 is 2.11 bits per heavy atom. The molecular weight excluding hydrogens is 350 g/mol. The average Bonchev–Trinajstić information content (AvgIpc) is 2.70. The summed E-state index contributed by atoms with van der Waals surface area (Å²) in [7, 11) is 4.34. The molecule has 142 valence electrons. The highest BCUT2D eigenvalue weighted by molar-refractivity contribution is 5.82. The van der Waals surface area contributed by atoms with Gasteiger partial charge in [0.05, 0.1) is 18.7 Å². The number of methoxy groups -OCH3 is 3. The van der Waals surface area contributed by atoms with Gasteiger partial charge in [-0.05, 0) is 35.4 Å². The smallest absolute Gasteiger partial charge is 0.317 e. The predicted molar refractivity (Wildman–Crippen MR) is 96.5 cm³/mol. The summed E-state index contributed by atoms with van der Waals surface area (Å²) in [5.74, 6) is -0.289. The van der Waals surface area contributed by atoms with Crippen molar-refractivity contribution in [3.63, 3.8) is 0 Å². The zero-order valence-electron chi connectivity index (χ0n) is 15.4. The van der Waals surface area contributed by atoms with Crippen LogP contribution in [0.25, 0.3) is 0 Å². The number of carbonyl (C=O) groups excluding carboxylic acids is 1. The molecule has 0 saturated heterocycles. The van der Waals surface area contributed by atoms with E-state index in [0.717, 1.165) is 0 Å². The van der Waals surface area contributed by atoms with Gasteiger partial charge in [-0.25, -0.2) is 0 Å². The molecule has 2 rings (SSSR count). The minimum absolute atomic E-state index is 0.0416. The molecule has 0 spiro atoms. The zero-order chi connectivity index (χ0) is 19.6. The van der Waals surface area contributed by atoms with Crippen molar-refractivity contribution in [2.45, 2.75) is 5.92 Å². The fourth-order valence-electron chi connectivity index (χ4n) is 2.55. The first-order valence-electron chi connectivity index (χ1n) is 8.09. The van der Waals surface area contributed by atoms with Crippen LogP contribution in [0.5, 0.6) is 11.5 Å². The Bertz CT molecular complexity index is 788. The van der Waals surface area contributed by atoms with Crippen LogP contribution in [0.15, 0.2) is 42.5 Å². The third kappa shape index (κ3) is 5.45. The Balaban J connectivity index is 2.52. The standard InChI is InChI=1S/C20H21NO6/c1-23-12-26-17-8-16(9-18(10-17)27-13-24-2)19(20(22)25-3)15-6-4-5-14(7-15)11-21/h4-10,19H,12-13H2,1-3H3. The van der Waals surface area contributed by atoms with E-state index in [1.807, 2.05) is 0 Å². The van der Waals surface area contributed by atoms with Gasteiger partial charge in [-0.2, -0.15) is 5.26 Å². The van der Waals surface area contributed by atoms with Crippen LogP contribution in [-0.4, -0.2) is 40.9 Å². The lowest BCUT2D eigenvalue weighted by molar-refractivity contribution is -0.141. The van der Waals surface area contributed by atoms with E-state index in [0.29, 0.717) is 28.2 Å². The SMILES string of the molecule is COCOc1cc(OCOC)cc(C(C(=O)OC)c2cccc(C#N)c2)c1. The summed E-state index contributed by atoms with van der Waals surface area (Å²) in [6.45, 7) is 0.0833. The van der Waals surface area contributed by atoms with Crippen LogP contribution >= 0.6 is 0 Å². The van der Waals surface area contributed by atoms with Gasteiger partial charge in [-0.15, -0.1) is 0 Å². The van der Waals surface area contributed by atoms with Crippen molar-refractivity contribution in [3.05, 3.63) is 59.2 Å². The topological polar surface area (TPSA) is 87.0 Å². The van der Waals surface area contributed by atoms with Gasteiger partial charge in [0.25, 0.3) is 0 Å². The molecule has 0 aliphatic carbocycles. The number of nitrogens with zero attached hydrogens (tertiary/aromatic N) is 1. The summed E-state index contributed by atoms with van der Waals surface area (Å²) in [5.41, 5.74) is 1.67. The van der Waals surface area contributed by atoms with Crippen LogP contribution in [-0.2, 0) is 19.0 Å². The molecular formula is C20H21NO6. The van der Waals surface area contributed by atoms with E-state index in [-0.39, 0.29) is 13.6 Å². The molecule has 2 aromatic rings. The Hall–Kier alpha value is -3.08. The van der Waals surface area contributed by atoms with Gasteiger partial charge in [0.1, 0.15) is 17.4 Å². The maximum Gasteiger partial charge on any atom is 0.317 e. The molecule has 1 atom stereocenters. The summed E-state index contributed by atoms with van der Waals surface area (Å²) in [6, 6.07) is 14.0. The second-order valence-electron chi connectivity index (χ2n) is 5.53. The number of ether oxygens (including phenoxy) is 5. The van der Waals surface area contributed by atoms with E-state index in [2.05, 4.69) is 6.07 Å². The fraction of sp³-hybridized carbons (Fsp3) is 0.300. The van der Waals surface area contributed by atoms with Crippen molar-refractivity contribution in [1.29, 1.82) is 5.26 Å². The third-order valence-corrected chi connectivity index (χ3v) is 3.71. The van der Waals surface area contributed by atoms with Gasteiger partial charge in [-0.3, -0.25) is 4.79 Å². The first-order chi connectivity index (χ1) is 13.1. The molecule has 0 fully saturated rings. The lowest BCUT2D eigenvalue weighted by Crippen LogP contribution is -2.16. The van der Waals surface area contributed by atoms with Gasteiger partial charge in [-0.1, -0.05) is 12.1 Å². The molecule has 0 aromatic heterocycles. The van der Waals surface area contributed by atoms with Crippen molar-refractivity contribution >= 4 is 5.97 Å². The Morgan fingerprint density at radius 1 is 0.963 bits per heavy atom. The number of hydrogen-bond acceptors (Lipinski definition) is 7. The number of hydrogen-bond donors (Lipinski definition) is 0. The Kier molecular flexibility index (Phi) is 7.62. The van der Waals surface area contributed by atoms with Crippen LogP contribution in [0.4, 0.5) is 0 Å². The molecule has 0 saturated carbocycles. The van der Waals surface area contributed by atoms with Crippen molar-refractivity contribution < 1.29 is 28.5 Å². The van der Waals surface area contributed by atoms with Crippen molar-refractivity contribution in [1.82, 2.24) is 0 Å². The highest BCUT2D eigenvalue weighted by Gasteiger charge is 2.25. The molecule has 0 bridgehead atoms. The summed E-state index contributed by atoms with van der Waals surface area (Å²) < 4.78 is 25.9. The molecule has 2 aromatic carbocycles. The normalized spacial score (nSPS) is 11.3. The molecule has 0 heterocycles. The maximum atomic E-state index is 12.5. The first kappa shape index (κ1) is 20.2. The van der Waals surface area contributed by atoms with E-state index in [1.54, 1.807) is 42.5 Å². The summed E-state index contributed by atoms with van der Waals surface area (Å²) in [5, 5.41) is 9.16. The molecule has 1 unspecified atom stereocenters. The van der Waals surface area contributed by atoms with Crippen LogP contribution in [0, 0.1) is 11.3 Å². The minimum Gasteiger partial charge on any atom is -0.468 e. The van der Waals surface area contributed by atoms with E-state index >= 15 is 0 Å². The summed E-state index contributed by atoms with van der Waals surface area (Å²) >= 11 is 0. The van der Waals surface area contributed by atoms with Crippen LogP contribution < -0.4 is 9.47 Å². The van der Waals surface area contributed by atoms with Gasteiger partial charge < -0.3 is 23.7 Å². The average molecular weight is 371 g/mol. The summed E-state index contributed by atoms with van der Waals surface area (Å²) in [6.07, 6.45) is 0. The largest absolute Gasteiger partial charge is 0.468 e. The van der Waals surface area contributed by atoms with Crippen LogP contribution in [0.3, 0.4) is 0 Å². The Morgan fingerprint density at radius 2 is 1.59 bits per heavy atom. The molecule has 0 amide bonds. The van der Waals surface area contributed by atoms with Crippen LogP contribution in [0.1, 0.15) is 22.6 Å². The molecule has 0 N–H and O–H groups in total. The minimum atomic E-state index is -0.751. The summed E-state index contributed by atoms with van der Waals surface area (Å²) in [4.78, 5) is 12.5. The molecule has 0 aliphatic heterocycles. The molecule has 27 heavy (non-hydrogen) atoms. The second-order valence-corrected chi connectivity index (χ2v) is 5.53. The van der Waals surface area contributed by atoms with Crippen molar-refractivity contribution in [2.24, 2.45) is 0 Å². The van der Waals surface area contributed by atoms with E-state index < -0.39 is 11.9 Å². The molecule has 0 aliphatic rings. The number of esters is 1. The predicted octanol–water partition coefficient (Wildman–Crippen LogP) is 2.83. The maximum absolute atomic E-state index is 12.5. The van der Waals surface area contributed by atoms with Gasteiger partial charge >= 0.3 is 5.97 Å². The van der Waals surface area contributed by atoms with E-state index in [4.69, 9.17) is 28.9 Å². The number of nitriles is 1. The molecule has 7 heteroatoms. The highest BCUT2D eigenvalue weighted by Crippen LogP contribution is 2.33. The van der Waals surface area contributed by atoms with E-state index in [1.165, 1.54) is 21.3 Å². The second kappa shape index (κ2) is 10.2. The van der Waals surface area contributed by atoms with Gasteiger partial charge in [0.2, 0.25) is 0 Å². The first-order valence-corrected chi connectivity index (χ1v) is 8.09. The van der Waals surface area contributed by atoms with Crippen LogP contribution in [0.2, 0.25) is 0 Å². The highest BCUT2D eigenvalue weighted by atomic mass is 16.7.